The van der Waals surface area contributed by atoms with E-state index in [1.54, 1.807) is 0 Å². The lowest BCUT2D eigenvalue weighted by Gasteiger charge is -2.15. The molecule has 1 atom stereocenters. The van der Waals surface area contributed by atoms with Gasteiger partial charge in [0.05, 0.1) is 5.69 Å². The van der Waals surface area contributed by atoms with Gasteiger partial charge in [0, 0.05) is 52.9 Å². The largest absolute Gasteiger partial charge is 0.385 e. The number of hydrogen-bond donors (Lipinski definition) is 4. The number of H-pyrrole nitrogens is 1. The van der Waals surface area contributed by atoms with Gasteiger partial charge in [-0.3, -0.25) is 4.98 Å². The summed E-state index contributed by atoms with van der Waals surface area (Å²) in [7, 11) is 0. The molecule has 5 aromatic rings. The molecule has 0 saturated carbocycles. The van der Waals surface area contributed by atoms with Gasteiger partial charge in [-0.1, -0.05) is 48.5 Å². The highest BCUT2D eigenvalue weighted by Gasteiger charge is 2.08. The topological polar surface area (TPSA) is 64.8 Å². The molecule has 0 saturated heterocycles. The fourth-order valence-corrected chi connectivity index (χ4v) is 4.46. The van der Waals surface area contributed by atoms with E-state index in [-0.39, 0.29) is 6.04 Å². The van der Waals surface area contributed by atoms with Crippen molar-refractivity contribution >= 4 is 28.0 Å². The van der Waals surface area contributed by atoms with Gasteiger partial charge in [0.15, 0.2) is 0 Å². The fourth-order valence-electron chi connectivity index (χ4n) is 4.46. The van der Waals surface area contributed by atoms with Crippen LogP contribution in [0.25, 0.3) is 10.9 Å². The third kappa shape index (κ3) is 6.12. The molecule has 5 rings (SSSR count). The Labute approximate surface area is 213 Å². The number of fused-ring (bicyclic) bond motifs is 1. The average molecular weight is 476 g/mol. The van der Waals surface area contributed by atoms with E-state index in [9.17, 15) is 0 Å². The van der Waals surface area contributed by atoms with Gasteiger partial charge in [0.25, 0.3) is 0 Å². The summed E-state index contributed by atoms with van der Waals surface area (Å²) in [6, 6.07) is 31.8. The molecule has 36 heavy (non-hydrogen) atoms. The van der Waals surface area contributed by atoms with Crippen molar-refractivity contribution in [2.75, 3.05) is 23.7 Å². The van der Waals surface area contributed by atoms with Crippen LogP contribution in [0.2, 0.25) is 0 Å². The second-order valence-electron chi connectivity index (χ2n) is 9.12. The number of aromatic nitrogens is 2. The fraction of sp³-hybridized carbons (Fsp3) is 0.194. The Morgan fingerprint density at radius 2 is 1.56 bits per heavy atom. The zero-order valence-corrected chi connectivity index (χ0v) is 20.7. The molecule has 0 amide bonds. The van der Waals surface area contributed by atoms with Crippen LogP contribution in [0, 0.1) is 0 Å². The van der Waals surface area contributed by atoms with Crippen LogP contribution >= 0.6 is 0 Å². The van der Waals surface area contributed by atoms with Crippen molar-refractivity contribution in [2.45, 2.75) is 25.8 Å². The predicted molar refractivity (Wildman–Crippen MR) is 151 cm³/mol. The molecule has 0 aliphatic heterocycles. The Kier molecular flexibility index (Phi) is 7.59. The quantitative estimate of drug-likeness (QED) is 0.169. The van der Waals surface area contributed by atoms with Gasteiger partial charge in [-0.2, -0.15) is 0 Å². The molecule has 1 unspecified atom stereocenters. The molecule has 5 nitrogen and oxygen atoms in total. The summed E-state index contributed by atoms with van der Waals surface area (Å²) in [5.41, 5.74) is 8.12. The molecule has 5 heteroatoms. The van der Waals surface area contributed by atoms with Gasteiger partial charge in [0.1, 0.15) is 0 Å². The van der Waals surface area contributed by atoms with Crippen LogP contribution in [-0.4, -0.2) is 23.1 Å². The van der Waals surface area contributed by atoms with E-state index in [2.05, 4.69) is 124 Å². The maximum absolute atomic E-state index is 4.58. The van der Waals surface area contributed by atoms with Crippen LogP contribution in [0.15, 0.2) is 103 Å². The summed E-state index contributed by atoms with van der Waals surface area (Å²) in [5.74, 6) is 0. The minimum absolute atomic E-state index is 0.180. The zero-order valence-electron chi connectivity index (χ0n) is 20.7. The van der Waals surface area contributed by atoms with Crippen molar-refractivity contribution in [1.82, 2.24) is 15.3 Å². The predicted octanol–water partition coefficient (Wildman–Crippen LogP) is 6.85. The average Bonchev–Trinajstić information content (AvgIpc) is 3.33. The number of rotatable bonds is 11. The number of aromatic amines is 1. The highest BCUT2D eigenvalue weighted by Crippen LogP contribution is 2.22. The van der Waals surface area contributed by atoms with Crippen molar-refractivity contribution in [3.63, 3.8) is 0 Å². The number of nitrogens with one attached hydrogen (secondary N) is 4. The zero-order chi connectivity index (χ0) is 24.6. The van der Waals surface area contributed by atoms with Crippen LogP contribution in [-0.2, 0) is 12.8 Å². The number of hydrogen-bond acceptors (Lipinski definition) is 4. The molecule has 2 aromatic heterocycles. The van der Waals surface area contributed by atoms with Gasteiger partial charge in [0.2, 0.25) is 0 Å². The Hall–Kier alpha value is -4.09. The molecule has 0 fully saturated rings. The lowest BCUT2D eigenvalue weighted by molar-refractivity contribution is 0.564. The van der Waals surface area contributed by atoms with Gasteiger partial charge < -0.3 is 20.9 Å². The summed E-state index contributed by atoms with van der Waals surface area (Å²) in [4.78, 5) is 7.93. The van der Waals surface area contributed by atoms with Crippen LogP contribution in [0.3, 0.4) is 0 Å². The normalized spacial score (nSPS) is 11.9. The summed E-state index contributed by atoms with van der Waals surface area (Å²) in [6.45, 7) is 3.96. The first kappa shape index (κ1) is 23.6. The summed E-state index contributed by atoms with van der Waals surface area (Å²) >= 11 is 0. The Balaban J connectivity index is 1.11. The molecule has 3 aromatic carbocycles. The molecule has 0 spiro atoms. The highest BCUT2D eigenvalue weighted by molar-refractivity contribution is 5.83. The van der Waals surface area contributed by atoms with E-state index < -0.39 is 0 Å². The van der Waals surface area contributed by atoms with Crippen molar-refractivity contribution in [2.24, 2.45) is 0 Å². The second kappa shape index (κ2) is 11.6. The molecule has 182 valence electrons. The summed E-state index contributed by atoms with van der Waals surface area (Å²) in [5, 5.41) is 11.9. The minimum atomic E-state index is 0.180. The monoisotopic (exact) mass is 475 g/mol. The number of anilines is 3. The smallest absolute Gasteiger partial charge is 0.0590 e. The molecule has 0 bridgehead atoms. The van der Waals surface area contributed by atoms with Crippen molar-refractivity contribution in [3.8, 4) is 0 Å². The van der Waals surface area contributed by atoms with Crippen molar-refractivity contribution in [1.29, 1.82) is 0 Å². The SMILES string of the molecule is CC(NCCc1ccccc1)c1cc(Nc2ccc(NCCc3c[nH]c4ccccc34)cc2)ccn1. The summed E-state index contributed by atoms with van der Waals surface area (Å²) in [6.07, 6.45) is 5.96. The van der Waals surface area contributed by atoms with Crippen molar-refractivity contribution < 1.29 is 0 Å². The standard InChI is InChI=1S/C31H33N5/c1-23(32-18-15-24-7-3-2-4-8-24)31-21-28(17-20-34-31)36-27-13-11-26(12-14-27)33-19-16-25-22-35-30-10-6-5-9-29(25)30/h2-14,17,20-23,32-33,35H,15-16,18-19H2,1H3,(H,34,36). The van der Waals surface area contributed by atoms with Crippen LogP contribution in [0.4, 0.5) is 17.1 Å². The van der Waals surface area contributed by atoms with E-state index in [0.717, 1.165) is 48.7 Å². The first-order valence-corrected chi connectivity index (χ1v) is 12.6. The number of para-hydroxylation sites is 1. The number of nitrogens with zero attached hydrogens (tertiary/aromatic N) is 1. The summed E-state index contributed by atoms with van der Waals surface area (Å²) < 4.78 is 0. The Morgan fingerprint density at radius 3 is 2.42 bits per heavy atom. The lowest BCUT2D eigenvalue weighted by atomic mass is 10.1. The Bertz CT molecular complexity index is 1380. The van der Waals surface area contributed by atoms with Crippen LogP contribution in [0.1, 0.15) is 29.8 Å². The van der Waals surface area contributed by atoms with Crippen molar-refractivity contribution in [3.05, 3.63) is 120 Å². The number of benzene rings is 3. The molecule has 0 radical (unpaired) electrons. The van der Waals surface area contributed by atoms with Gasteiger partial charge >= 0.3 is 0 Å². The highest BCUT2D eigenvalue weighted by atomic mass is 14.9. The van der Waals surface area contributed by atoms with E-state index in [1.807, 2.05) is 12.3 Å². The molecule has 2 heterocycles. The van der Waals surface area contributed by atoms with E-state index in [0.29, 0.717) is 0 Å². The first-order chi connectivity index (χ1) is 17.7. The molecular formula is C31H33N5. The van der Waals surface area contributed by atoms with E-state index in [4.69, 9.17) is 0 Å². The minimum Gasteiger partial charge on any atom is -0.385 e. The lowest BCUT2D eigenvalue weighted by Crippen LogP contribution is -2.22. The Morgan fingerprint density at radius 1 is 0.778 bits per heavy atom. The maximum atomic E-state index is 4.58. The number of pyridine rings is 1. The van der Waals surface area contributed by atoms with Gasteiger partial charge in [-0.05, 0) is 79.9 Å². The molecule has 0 aliphatic rings. The van der Waals surface area contributed by atoms with E-state index in [1.165, 1.54) is 22.0 Å². The van der Waals surface area contributed by atoms with E-state index >= 15 is 0 Å². The molecular weight excluding hydrogens is 442 g/mol. The van der Waals surface area contributed by atoms with Crippen LogP contribution in [0.5, 0.6) is 0 Å². The van der Waals surface area contributed by atoms with Gasteiger partial charge in [-0.15, -0.1) is 0 Å². The maximum Gasteiger partial charge on any atom is 0.0590 e. The second-order valence-corrected chi connectivity index (χ2v) is 9.12. The third-order valence-corrected chi connectivity index (χ3v) is 6.50. The molecule has 0 aliphatic carbocycles. The third-order valence-electron chi connectivity index (χ3n) is 6.50. The van der Waals surface area contributed by atoms with Gasteiger partial charge in [-0.25, -0.2) is 0 Å². The first-order valence-electron chi connectivity index (χ1n) is 12.6. The van der Waals surface area contributed by atoms with Crippen LogP contribution < -0.4 is 16.0 Å². The molecule has 4 N–H and O–H groups in total.